The molecule has 0 spiro atoms. The summed E-state index contributed by atoms with van der Waals surface area (Å²) in [4.78, 5) is 11.9. The van der Waals surface area contributed by atoms with E-state index in [1.807, 2.05) is 36.4 Å². The fourth-order valence-electron chi connectivity index (χ4n) is 2.56. The summed E-state index contributed by atoms with van der Waals surface area (Å²) in [6.07, 6.45) is 0.634. The van der Waals surface area contributed by atoms with Crippen LogP contribution in [-0.4, -0.2) is 36.8 Å². The van der Waals surface area contributed by atoms with E-state index < -0.39 is 9.84 Å². The average molecular weight is 444 g/mol. The highest BCUT2D eigenvalue weighted by Gasteiger charge is 2.28. The average Bonchev–Trinajstić information content (AvgIpc) is 3.18. The zero-order chi connectivity index (χ0) is 17.9. The van der Waals surface area contributed by atoms with Gasteiger partial charge in [-0.1, -0.05) is 28.1 Å². The quantitative estimate of drug-likeness (QED) is 0.741. The predicted octanol–water partition coefficient (Wildman–Crippen LogP) is 3.25. The van der Waals surface area contributed by atoms with Gasteiger partial charge in [0.25, 0.3) is 0 Å². The molecule has 1 aliphatic heterocycles. The Balaban J connectivity index is 1.45. The molecular formula is C17H18BrNO4S2. The largest absolute Gasteiger partial charge is 0.459 e. The predicted molar refractivity (Wildman–Crippen MR) is 103 cm³/mol. The highest BCUT2D eigenvalue weighted by Crippen LogP contribution is 2.25. The number of hydrogen-bond donors (Lipinski definition) is 1. The van der Waals surface area contributed by atoms with E-state index in [1.54, 1.807) is 0 Å². The lowest BCUT2D eigenvalue weighted by Crippen LogP contribution is -2.25. The second-order valence-corrected chi connectivity index (χ2v) is 10.3. The molecule has 3 rings (SSSR count). The summed E-state index contributed by atoms with van der Waals surface area (Å²) in [6, 6.07) is 11.5. The van der Waals surface area contributed by atoms with Gasteiger partial charge in [0.2, 0.25) is 5.91 Å². The monoisotopic (exact) mass is 443 g/mol. The van der Waals surface area contributed by atoms with Gasteiger partial charge in [0, 0.05) is 15.3 Å². The minimum absolute atomic E-state index is 0.0309. The number of nitrogens with one attached hydrogen (secondary N) is 1. The third-order valence-electron chi connectivity index (χ3n) is 3.89. The summed E-state index contributed by atoms with van der Waals surface area (Å²) < 4.78 is 29.6. The van der Waals surface area contributed by atoms with Crippen molar-refractivity contribution in [1.82, 2.24) is 5.32 Å². The van der Waals surface area contributed by atoms with Gasteiger partial charge in [-0.2, -0.15) is 0 Å². The lowest BCUT2D eigenvalue weighted by molar-refractivity contribution is -0.118. The van der Waals surface area contributed by atoms with Crippen LogP contribution in [0.4, 0.5) is 0 Å². The number of hydrogen-bond acceptors (Lipinski definition) is 5. The number of sulfone groups is 1. The Labute approximate surface area is 159 Å². The molecule has 25 heavy (non-hydrogen) atoms. The summed E-state index contributed by atoms with van der Waals surface area (Å²) in [5, 5.41) is 2.84. The fraction of sp³-hybridized carbons (Fsp3) is 0.353. The number of carbonyl (C=O) groups is 1. The molecule has 1 aromatic heterocycles. The van der Waals surface area contributed by atoms with Crippen molar-refractivity contribution in [2.75, 3.05) is 17.3 Å². The van der Waals surface area contributed by atoms with Crippen molar-refractivity contribution >= 4 is 43.4 Å². The van der Waals surface area contributed by atoms with Crippen LogP contribution in [0, 0.1) is 0 Å². The van der Waals surface area contributed by atoms with E-state index in [4.69, 9.17) is 4.42 Å². The van der Waals surface area contributed by atoms with Crippen LogP contribution in [0.15, 0.2) is 45.3 Å². The molecule has 134 valence electrons. The number of furan rings is 1. The number of rotatable bonds is 6. The molecule has 5 nitrogen and oxygen atoms in total. The van der Waals surface area contributed by atoms with Crippen molar-refractivity contribution in [2.24, 2.45) is 0 Å². The van der Waals surface area contributed by atoms with Gasteiger partial charge in [-0.3, -0.25) is 4.79 Å². The lowest BCUT2D eigenvalue weighted by Gasteiger charge is -2.07. The van der Waals surface area contributed by atoms with Crippen LogP contribution >= 0.6 is 27.7 Å². The van der Waals surface area contributed by atoms with E-state index >= 15 is 0 Å². The first-order chi connectivity index (χ1) is 11.9. The molecule has 0 saturated carbocycles. The van der Waals surface area contributed by atoms with Gasteiger partial charge >= 0.3 is 0 Å². The first-order valence-corrected chi connectivity index (χ1v) is 11.5. The zero-order valence-corrected chi connectivity index (χ0v) is 16.6. The Kier molecular flexibility index (Phi) is 5.91. The molecule has 1 N–H and O–H groups in total. The van der Waals surface area contributed by atoms with Crippen molar-refractivity contribution in [3.05, 3.63) is 46.6 Å². The standard InChI is InChI=1S/C17H18BrNO4S2/c18-13-3-1-12(2-4-13)16-6-5-14(23-16)9-19-17(20)10-24-15-7-8-25(21,22)11-15/h1-6,15H,7-11H2,(H,19,20). The van der Waals surface area contributed by atoms with E-state index in [9.17, 15) is 13.2 Å². The Bertz CT molecular complexity index is 846. The van der Waals surface area contributed by atoms with Crippen LogP contribution in [0.1, 0.15) is 12.2 Å². The zero-order valence-electron chi connectivity index (χ0n) is 13.4. The third-order valence-corrected chi connectivity index (χ3v) is 7.70. The summed E-state index contributed by atoms with van der Waals surface area (Å²) in [5.41, 5.74) is 0.971. The van der Waals surface area contributed by atoms with Crippen molar-refractivity contribution in [1.29, 1.82) is 0 Å². The molecular weight excluding hydrogens is 426 g/mol. The third kappa shape index (κ3) is 5.36. The SMILES string of the molecule is O=C(CSC1CCS(=O)(=O)C1)NCc1ccc(-c2ccc(Br)cc2)o1. The lowest BCUT2D eigenvalue weighted by atomic mass is 10.2. The summed E-state index contributed by atoms with van der Waals surface area (Å²) in [6.45, 7) is 0.318. The molecule has 2 heterocycles. The maximum absolute atomic E-state index is 11.9. The number of carbonyl (C=O) groups excluding carboxylic acids is 1. The minimum atomic E-state index is -2.90. The molecule has 1 aromatic carbocycles. The molecule has 0 radical (unpaired) electrons. The Morgan fingerprint density at radius 2 is 2.00 bits per heavy atom. The molecule has 0 bridgehead atoms. The van der Waals surface area contributed by atoms with Gasteiger partial charge in [-0.15, -0.1) is 11.8 Å². The molecule has 1 saturated heterocycles. The molecule has 1 aliphatic rings. The Morgan fingerprint density at radius 3 is 2.68 bits per heavy atom. The van der Waals surface area contributed by atoms with Crippen LogP contribution in [0.2, 0.25) is 0 Å². The summed E-state index contributed by atoms with van der Waals surface area (Å²) in [7, 11) is -2.90. The fourth-order valence-corrected chi connectivity index (χ4v) is 6.30. The topological polar surface area (TPSA) is 76.4 Å². The summed E-state index contributed by atoms with van der Waals surface area (Å²) >= 11 is 4.80. The second kappa shape index (κ2) is 7.97. The van der Waals surface area contributed by atoms with Crippen molar-refractivity contribution in [2.45, 2.75) is 18.2 Å². The van der Waals surface area contributed by atoms with E-state index in [0.717, 1.165) is 15.8 Å². The van der Waals surface area contributed by atoms with Gasteiger partial charge in [0.1, 0.15) is 11.5 Å². The van der Waals surface area contributed by atoms with Gasteiger partial charge in [0.15, 0.2) is 9.84 Å². The highest BCUT2D eigenvalue weighted by atomic mass is 79.9. The van der Waals surface area contributed by atoms with Crippen molar-refractivity contribution in [3.63, 3.8) is 0 Å². The van der Waals surface area contributed by atoms with Gasteiger partial charge in [-0.25, -0.2) is 8.42 Å². The van der Waals surface area contributed by atoms with Gasteiger partial charge in [-0.05, 0) is 30.7 Å². The van der Waals surface area contributed by atoms with Crippen molar-refractivity contribution < 1.29 is 17.6 Å². The number of amides is 1. The maximum Gasteiger partial charge on any atom is 0.230 e. The molecule has 1 unspecified atom stereocenters. The van der Waals surface area contributed by atoms with Crippen molar-refractivity contribution in [3.8, 4) is 11.3 Å². The minimum Gasteiger partial charge on any atom is -0.459 e. The normalized spacial score (nSPS) is 19.0. The first-order valence-electron chi connectivity index (χ1n) is 7.85. The first kappa shape index (κ1) is 18.5. The molecule has 8 heteroatoms. The summed E-state index contributed by atoms with van der Waals surface area (Å²) in [5.74, 6) is 2.00. The molecule has 2 aromatic rings. The molecule has 0 aliphatic carbocycles. The molecule has 1 fully saturated rings. The van der Waals surface area contributed by atoms with Crippen LogP contribution in [0.5, 0.6) is 0 Å². The van der Waals surface area contributed by atoms with E-state index in [1.165, 1.54) is 11.8 Å². The second-order valence-electron chi connectivity index (χ2n) is 5.89. The van der Waals surface area contributed by atoms with Crippen LogP contribution in [-0.2, 0) is 21.2 Å². The van der Waals surface area contributed by atoms with E-state index in [2.05, 4.69) is 21.2 Å². The van der Waals surface area contributed by atoms with E-state index in [0.29, 0.717) is 18.7 Å². The Hall–Kier alpha value is -1.25. The Morgan fingerprint density at radius 1 is 1.24 bits per heavy atom. The van der Waals surface area contributed by atoms with Crippen LogP contribution < -0.4 is 5.32 Å². The highest BCUT2D eigenvalue weighted by molar-refractivity contribution is 9.10. The smallest absolute Gasteiger partial charge is 0.230 e. The van der Waals surface area contributed by atoms with Gasteiger partial charge in [0.05, 0.1) is 23.8 Å². The number of halogens is 1. The molecule has 1 amide bonds. The number of benzene rings is 1. The molecule has 1 atom stereocenters. The van der Waals surface area contributed by atoms with Gasteiger partial charge < -0.3 is 9.73 Å². The number of thioether (sulfide) groups is 1. The van der Waals surface area contributed by atoms with E-state index in [-0.39, 0.29) is 28.4 Å². The van der Waals surface area contributed by atoms with Crippen LogP contribution in [0.25, 0.3) is 11.3 Å². The van der Waals surface area contributed by atoms with Crippen LogP contribution in [0.3, 0.4) is 0 Å². The maximum atomic E-state index is 11.9.